The smallest absolute Gasteiger partial charge is 0.260 e. The van der Waals surface area contributed by atoms with Gasteiger partial charge in [-0.15, -0.1) is 0 Å². The summed E-state index contributed by atoms with van der Waals surface area (Å²) in [4.78, 5) is 0. The standard InChI is InChI=1S/C14H23F2N/c15-14(16,9-17)2-1-13-6-10-3-11(7-13)5-12(4-10)8-13/h10-12H,1-9,17H2. The van der Waals surface area contributed by atoms with Gasteiger partial charge in [-0.25, -0.2) is 8.78 Å². The van der Waals surface area contributed by atoms with E-state index in [0.29, 0.717) is 6.42 Å². The maximum atomic E-state index is 13.3. The summed E-state index contributed by atoms with van der Waals surface area (Å²) in [5, 5.41) is 0. The lowest BCUT2D eigenvalue weighted by Gasteiger charge is -2.57. The van der Waals surface area contributed by atoms with E-state index < -0.39 is 12.5 Å². The molecule has 0 heterocycles. The van der Waals surface area contributed by atoms with Crippen LogP contribution in [-0.2, 0) is 0 Å². The lowest BCUT2D eigenvalue weighted by molar-refractivity contribution is -0.0792. The van der Waals surface area contributed by atoms with E-state index in [1.807, 2.05) is 0 Å². The van der Waals surface area contributed by atoms with Crippen molar-refractivity contribution in [3.05, 3.63) is 0 Å². The van der Waals surface area contributed by atoms with E-state index in [0.717, 1.165) is 17.8 Å². The second-order valence-electron chi connectivity index (χ2n) is 6.98. The average Bonchev–Trinajstić information content (AvgIpc) is 2.25. The molecule has 3 heteroatoms. The van der Waals surface area contributed by atoms with Crippen molar-refractivity contribution < 1.29 is 8.78 Å². The molecule has 4 bridgehead atoms. The molecule has 0 radical (unpaired) electrons. The monoisotopic (exact) mass is 243 g/mol. The second-order valence-corrected chi connectivity index (χ2v) is 6.98. The molecule has 0 aromatic carbocycles. The molecular formula is C14H23F2N. The highest BCUT2D eigenvalue weighted by atomic mass is 19.3. The molecule has 0 aliphatic heterocycles. The minimum atomic E-state index is -2.64. The molecule has 0 saturated heterocycles. The summed E-state index contributed by atoms with van der Waals surface area (Å²) in [5.41, 5.74) is 5.41. The zero-order chi connectivity index (χ0) is 12.1. The van der Waals surface area contributed by atoms with E-state index >= 15 is 0 Å². The van der Waals surface area contributed by atoms with Gasteiger partial charge in [0.15, 0.2) is 0 Å². The first kappa shape index (κ1) is 11.9. The zero-order valence-electron chi connectivity index (χ0n) is 10.4. The largest absolute Gasteiger partial charge is 0.325 e. The summed E-state index contributed by atoms with van der Waals surface area (Å²) in [5.74, 6) is -0.0724. The highest BCUT2D eigenvalue weighted by Gasteiger charge is 2.51. The van der Waals surface area contributed by atoms with E-state index in [9.17, 15) is 8.78 Å². The molecule has 4 fully saturated rings. The van der Waals surface area contributed by atoms with Gasteiger partial charge in [-0.3, -0.25) is 0 Å². The van der Waals surface area contributed by atoms with Gasteiger partial charge in [0, 0.05) is 6.42 Å². The van der Waals surface area contributed by atoms with Crippen LogP contribution in [-0.4, -0.2) is 12.5 Å². The number of halogens is 2. The van der Waals surface area contributed by atoms with Crippen LogP contribution in [0, 0.1) is 23.2 Å². The lowest BCUT2D eigenvalue weighted by atomic mass is 9.48. The van der Waals surface area contributed by atoms with Crippen molar-refractivity contribution in [1.82, 2.24) is 0 Å². The summed E-state index contributed by atoms with van der Waals surface area (Å²) in [6, 6.07) is 0. The minimum absolute atomic E-state index is 0.00958. The van der Waals surface area contributed by atoms with Crippen LogP contribution < -0.4 is 5.73 Å². The predicted octanol–water partition coefficient (Wildman–Crippen LogP) is 3.58. The van der Waals surface area contributed by atoms with E-state index in [1.165, 1.54) is 38.5 Å². The van der Waals surface area contributed by atoms with E-state index in [2.05, 4.69) is 0 Å². The maximum absolute atomic E-state index is 13.3. The molecule has 1 nitrogen and oxygen atoms in total. The lowest BCUT2D eigenvalue weighted by Crippen LogP contribution is -2.46. The van der Waals surface area contributed by atoms with Gasteiger partial charge < -0.3 is 5.73 Å². The normalized spacial score (nSPS) is 44.3. The number of nitrogens with two attached hydrogens (primary N) is 1. The van der Waals surface area contributed by atoms with Gasteiger partial charge in [-0.05, 0) is 68.1 Å². The molecule has 0 atom stereocenters. The Morgan fingerprint density at radius 1 is 1.00 bits per heavy atom. The van der Waals surface area contributed by atoms with Gasteiger partial charge in [0.2, 0.25) is 0 Å². The van der Waals surface area contributed by atoms with Gasteiger partial charge in [0.05, 0.1) is 6.54 Å². The number of rotatable bonds is 4. The molecule has 2 N–H and O–H groups in total. The van der Waals surface area contributed by atoms with Crippen molar-refractivity contribution in [2.75, 3.05) is 6.54 Å². The predicted molar refractivity (Wildman–Crippen MR) is 63.8 cm³/mol. The molecule has 4 aliphatic carbocycles. The van der Waals surface area contributed by atoms with Crippen LogP contribution in [0.3, 0.4) is 0 Å². The third kappa shape index (κ3) is 2.23. The zero-order valence-corrected chi connectivity index (χ0v) is 10.4. The minimum Gasteiger partial charge on any atom is -0.325 e. The molecular weight excluding hydrogens is 220 g/mol. The third-order valence-corrected chi connectivity index (χ3v) is 5.48. The molecule has 0 unspecified atom stereocenters. The third-order valence-electron chi connectivity index (χ3n) is 5.48. The SMILES string of the molecule is NCC(F)(F)CCC12CC3CC(CC(C3)C1)C2. The Labute approximate surface area is 102 Å². The molecule has 0 spiro atoms. The van der Waals surface area contributed by atoms with Crippen molar-refractivity contribution in [2.45, 2.75) is 57.3 Å². The summed E-state index contributed by atoms with van der Waals surface area (Å²) in [6.07, 6.45) is 8.53. The highest BCUT2D eigenvalue weighted by molar-refractivity contribution is 5.01. The second kappa shape index (κ2) is 3.91. The van der Waals surface area contributed by atoms with Crippen LogP contribution in [0.1, 0.15) is 51.4 Å². The maximum Gasteiger partial charge on any atom is 0.260 e. The summed E-state index contributed by atoms with van der Waals surface area (Å²) >= 11 is 0. The average molecular weight is 243 g/mol. The van der Waals surface area contributed by atoms with Gasteiger partial charge >= 0.3 is 0 Å². The number of hydrogen-bond donors (Lipinski definition) is 1. The molecule has 0 aromatic rings. The molecule has 4 rings (SSSR count). The van der Waals surface area contributed by atoms with Gasteiger partial charge in [-0.1, -0.05) is 0 Å². The fourth-order valence-corrected chi connectivity index (χ4v) is 5.15. The van der Waals surface area contributed by atoms with Crippen LogP contribution in [0.5, 0.6) is 0 Å². The topological polar surface area (TPSA) is 26.0 Å². The first-order valence-electron chi connectivity index (χ1n) is 7.08. The fraction of sp³-hybridized carbons (Fsp3) is 1.00. The Bertz CT molecular complexity index is 265. The van der Waals surface area contributed by atoms with Crippen LogP contribution >= 0.6 is 0 Å². The summed E-state index contributed by atoms with van der Waals surface area (Å²) in [7, 11) is 0. The van der Waals surface area contributed by atoms with E-state index in [-0.39, 0.29) is 11.8 Å². The van der Waals surface area contributed by atoms with E-state index in [4.69, 9.17) is 5.73 Å². The molecule has 17 heavy (non-hydrogen) atoms. The molecule has 0 amide bonds. The quantitative estimate of drug-likeness (QED) is 0.802. The molecule has 4 aliphatic rings. The van der Waals surface area contributed by atoms with E-state index in [1.54, 1.807) is 0 Å². The van der Waals surface area contributed by atoms with Crippen LogP contribution in [0.2, 0.25) is 0 Å². The molecule has 4 saturated carbocycles. The molecule has 98 valence electrons. The van der Waals surface area contributed by atoms with Crippen LogP contribution in [0.15, 0.2) is 0 Å². The Balaban J connectivity index is 1.66. The fourth-order valence-electron chi connectivity index (χ4n) is 5.15. The van der Waals surface area contributed by atoms with Gasteiger partial charge in [0.25, 0.3) is 5.92 Å². The van der Waals surface area contributed by atoms with Crippen molar-refractivity contribution in [3.8, 4) is 0 Å². The van der Waals surface area contributed by atoms with Gasteiger partial charge in [0.1, 0.15) is 0 Å². The number of alkyl halides is 2. The summed E-state index contributed by atoms with van der Waals surface area (Å²) in [6.45, 7) is -0.487. The van der Waals surface area contributed by atoms with Crippen molar-refractivity contribution in [3.63, 3.8) is 0 Å². The Morgan fingerprint density at radius 3 is 1.88 bits per heavy atom. The van der Waals surface area contributed by atoms with Crippen molar-refractivity contribution in [1.29, 1.82) is 0 Å². The first-order valence-corrected chi connectivity index (χ1v) is 7.08. The van der Waals surface area contributed by atoms with Crippen molar-refractivity contribution in [2.24, 2.45) is 28.9 Å². The Kier molecular flexibility index (Phi) is 2.73. The molecule has 0 aromatic heterocycles. The van der Waals surface area contributed by atoms with Crippen LogP contribution in [0.4, 0.5) is 8.78 Å². The van der Waals surface area contributed by atoms with Crippen molar-refractivity contribution >= 4 is 0 Å². The Morgan fingerprint density at radius 2 is 1.47 bits per heavy atom. The highest BCUT2D eigenvalue weighted by Crippen LogP contribution is 2.61. The van der Waals surface area contributed by atoms with Crippen LogP contribution in [0.25, 0.3) is 0 Å². The first-order chi connectivity index (χ1) is 8.00. The Hall–Kier alpha value is -0.180. The summed E-state index contributed by atoms with van der Waals surface area (Å²) < 4.78 is 26.6. The van der Waals surface area contributed by atoms with Gasteiger partial charge in [-0.2, -0.15) is 0 Å². The number of hydrogen-bond acceptors (Lipinski definition) is 1.